The maximum Gasteiger partial charge on any atom is 0.239 e. The molecule has 0 bridgehead atoms. The molecular weight excluding hydrogens is 264 g/mol. The summed E-state index contributed by atoms with van der Waals surface area (Å²) >= 11 is 6.03. The third-order valence-corrected chi connectivity index (χ3v) is 4.57. The van der Waals surface area contributed by atoms with E-state index in [1.807, 2.05) is 6.92 Å². The standard InChI is InChI=1S/C13H19ClN4O/c1-8-11(14)6-16-18(8)7-13(12(15)19,9-2-3-9)17-10-4-5-10/h6,9-10,17H,2-5,7H2,1H3,(H2,15,19). The number of halogens is 1. The van der Waals surface area contributed by atoms with Crippen LogP contribution in [0.3, 0.4) is 0 Å². The topological polar surface area (TPSA) is 72.9 Å². The van der Waals surface area contributed by atoms with Crippen molar-refractivity contribution in [3.05, 3.63) is 16.9 Å². The minimum Gasteiger partial charge on any atom is -0.368 e. The van der Waals surface area contributed by atoms with Crippen LogP contribution in [-0.4, -0.2) is 27.3 Å². The van der Waals surface area contributed by atoms with Gasteiger partial charge in [0.15, 0.2) is 0 Å². The highest BCUT2D eigenvalue weighted by Crippen LogP contribution is 2.42. The lowest BCUT2D eigenvalue weighted by Crippen LogP contribution is -2.60. The molecule has 1 aromatic rings. The molecule has 2 saturated carbocycles. The Labute approximate surface area is 117 Å². The zero-order chi connectivity index (χ0) is 13.6. The van der Waals surface area contributed by atoms with E-state index in [1.54, 1.807) is 10.9 Å². The maximum absolute atomic E-state index is 12.1. The van der Waals surface area contributed by atoms with Gasteiger partial charge >= 0.3 is 0 Å². The second kappa shape index (κ2) is 4.49. The smallest absolute Gasteiger partial charge is 0.239 e. The number of nitrogens with two attached hydrogens (primary N) is 1. The molecule has 1 heterocycles. The molecule has 0 saturated heterocycles. The van der Waals surface area contributed by atoms with E-state index in [0.29, 0.717) is 23.5 Å². The van der Waals surface area contributed by atoms with Crippen molar-refractivity contribution < 1.29 is 4.79 Å². The monoisotopic (exact) mass is 282 g/mol. The Morgan fingerprint density at radius 3 is 2.68 bits per heavy atom. The molecule has 3 N–H and O–H groups in total. The molecule has 2 fully saturated rings. The predicted octanol–water partition coefficient (Wildman–Crippen LogP) is 1.23. The number of rotatable bonds is 6. The number of primary amides is 1. The van der Waals surface area contributed by atoms with Gasteiger partial charge in [-0.1, -0.05) is 11.6 Å². The Hall–Kier alpha value is -1.07. The molecule has 5 nitrogen and oxygen atoms in total. The number of amides is 1. The van der Waals surface area contributed by atoms with Gasteiger partial charge in [-0.2, -0.15) is 5.10 Å². The van der Waals surface area contributed by atoms with Crippen LogP contribution in [0.15, 0.2) is 6.20 Å². The van der Waals surface area contributed by atoms with E-state index in [-0.39, 0.29) is 5.91 Å². The number of carbonyl (C=O) groups excluding carboxylic acids is 1. The number of hydrogen-bond donors (Lipinski definition) is 2. The zero-order valence-corrected chi connectivity index (χ0v) is 11.8. The van der Waals surface area contributed by atoms with E-state index in [9.17, 15) is 4.79 Å². The number of nitrogens with zero attached hydrogens (tertiary/aromatic N) is 2. The molecule has 0 aromatic carbocycles. The van der Waals surface area contributed by atoms with Crippen LogP contribution in [0.5, 0.6) is 0 Å². The van der Waals surface area contributed by atoms with Crippen LogP contribution in [0, 0.1) is 12.8 Å². The van der Waals surface area contributed by atoms with Gasteiger partial charge in [-0.3, -0.25) is 14.8 Å². The van der Waals surface area contributed by atoms with Crippen LogP contribution in [0.2, 0.25) is 5.02 Å². The molecule has 1 aromatic heterocycles. The van der Waals surface area contributed by atoms with E-state index in [2.05, 4.69) is 10.4 Å². The third-order valence-electron chi connectivity index (χ3n) is 4.20. The van der Waals surface area contributed by atoms with Crippen LogP contribution < -0.4 is 11.1 Å². The van der Waals surface area contributed by atoms with Crippen molar-refractivity contribution in [2.45, 2.75) is 50.7 Å². The fourth-order valence-electron chi connectivity index (χ4n) is 2.63. The summed E-state index contributed by atoms with van der Waals surface area (Å²) in [6.07, 6.45) is 5.97. The first-order valence-corrected chi connectivity index (χ1v) is 7.16. The lowest BCUT2D eigenvalue weighted by Gasteiger charge is -2.32. The van der Waals surface area contributed by atoms with Gasteiger partial charge in [-0.05, 0) is 38.5 Å². The molecule has 0 radical (unpaired) electrons. The maximum atomic E-state index is 12.1. The van der Waals surface area contributed by atoms with Crippen LogP contribution in [0.4, 0.5) is 0 Å². The SMILES string of the molecule is Cc1c(Cl)cnn1CC(NC1CC1)(C(N)=O)C1CC1. The zero-order valence-electron chi connectivity index (χ0n) is 11.0. The fourth-order valence-corrected chi connectivity index (χ4v) is 2.77. The van der Waals surface area contributed by atoms with Gasteiger partial charge in [0.25, 0.3) is 0 Å². The van der Waals surface area contributed by atoms with Crippen molar-refractivity contribution in [1.29, 1.82) is 0 Å². The molecule has 3 rings (SSSR count). The first kappa shape index (κ1) is 12.9. The summed E-state index contributed by atoms with van der Waals surface area (Å²) in [5.74, 6) is 0.0564. The van der Waals surface area contributed by atoms with Crippen molar-refractivity contribution in [2.75, 3.05) is 0 Å². The summed E-state index contributed by atoms with van der Waals surface area (Å²) in [6.45, 7) is 2.38. The average molecular weight is 283 g/mol. The normalized spacial score (nSPS) is 22.2. The van der Waals surface area contributed by atoms with Gasteiger partial charge in [0.1, 0.15) is 5.54 Å². The molecular formula is C13H19ClN4O. The van der Waals surface area contributed by atoms with Crippen molar-refractivity contribution in [1.82, 2.24) is 15.1 Å². The lowest BCUT2D eigenvalue weighted by molar-refractivity contribution is -0.126. The van der Waals surface area contributed by atoms with Crippen molar-refractivity contribution in [3.63, 3.8) is 0 Å². The van der Waals surface area contributed by atoms with E-state index in [0.717, 1.165) is 31.4 Å². The van der Waals surface area contributed by atoms with E-state index < -0.39 is 5.54 Å². The van der Waals surface area contributed by atoms with E-state index in [4.69, 9.17) is 17.3 Å². The average Bonchev–Trinajstić information content (AvgIpc) is 3.25. The van der Waals surface area contributed by atoms with Crippen molar-refractivity contribution >= 4 is 17.5 Å². The van der Waals surface area contributed by atoms with Gasteiger partial charge in [0.2, 0.25) is 5.91 Å². The van der Waals surface area contributed by atoms with Gasteiger partial charge < -0.3 is 5.73 Å². The first-order chi connectivity index (χ1) is 9.03. The van der Waals surface area contributed by atoms with Gasteiger partial charge in [0, 0.05) is 6.04 Å². The van der Waals surface area contributed by atoms with Crippen molar-refractivity contribution in [3.8, 4) is 0 Å². The number of nitrogens with one attached hydrogen (secondary N) is 1. The molecule has 1 amide bonds. The molecule has 0 spiro atoms. The first-order valence-electron chi connectivity index (χ1n) is 6.78. The summed E-state index contributed by atoms with van der Waals surface area (Å²) in [4.78, 5) is 12.1. The molecule has 1 atom stereocenters. The van der Waals surface area contributed by atoms with Crippen LogP contribution in [0.1, 0.15) is 31.4 Å². The van der Waals surface area contributed by atoms with Crippen LogP contribution in [0.25, 0.3) is 0 Å². The highest BCUT2D eigenvalue weighted by Gasteiger charge is 2.52. The van der Waals surface area contributed by atoms with E-state index in [1.165, 1.54) is 0 Å². The second-order valence-electron chi connectivity index (χ2n) is 5.76. The Kier molecular flexibility index (Phi) is 3.06. The Bertz CT molecular complexity index is 507. The van der Waals surface area contributed by atoms with Crippen LogP contribution >= 0.6 is 11.6 Å². The summed E-state index contributed by atoms with van der Waals surface area (Å²) in [5.41, 5.74) is 5.93. The fraction of sp³-hybridized carbons (Fsp3) is 0.692. The Morgan fingerprint density at radius 1 is 1.58 bits per heavy atom. The minimum atomic E-state index is -0.665. The molecule has 1 unspecified atom stereocenters. The number of carbonyl (C=O) groups is 1. The molecule has 104 valence electrons. The third kappa shape index (κ3) is 2.37. The van der Waals surface area contributed by atoms with Gasteiger partial charge in [-0.15, -0.1) is 0 Å². The molecule has 0 aliphatic heterocycles. The quantitative estimate of drug-likeness (QED) is 0.824. The Morgan fingerprint density at radius 2 is 2.26 bits per heavy atom. The number of hydrogen-bond acceptors (Lipinski definition) is 3. The highest BCUT2D eigenvalue weighted by molar-refractivity contribution is 6.31. The van der Waals surface area contributed by atoms with Crippen molar-refractivity contribution in [2.24, 2.45) is 11.7 Å². The summed E-state index contributed by atoms with van der Waals surface area (Å²) in [5, 5.41) is 8.36. The summed E-state index contributed by atoms with van der Waals surface area (Å²) in [7, 11) is 0. The number of aromatic nitrogens is 2. The highest BCUT2D eigenvalue weighted by atomic mass is 35.5. The lowest BCUT2D eigenvalue weighted by atomic mass is 9.91. The summed E-state index contributed by atoms with van der Waals surface area (Å²) in [6, 6.07) is 0.430. The van der Waals surface area contributed by atoms with Crippen LogP contribution in [-0.2, 0) is 11.3 Å². The second-order valence-corrected chi connectivity index (χ2v) is 6.17. The largest absolute Gasteiger partial charge is 0.368 e. The molecule has 2 aliphatic rings. The van der Waals surface area contributed by atoms with E-state index >= 15 is 0 Å². The molecule has 2 aliphatic carbocycles. The minimum absolute atomic E-state index is 0.270. The molecule has 6 heteroatoms. The van der Waals surface area contributed by atoms with Gasteiger partial charge in [-0.25, -0.2) is 0 Å². The summed E-state index contributed by atoms with van der Waals surface area (Å²) < 4.78 is 1.79. The molecule has 19 heavy (non-hydrogen) atoms. The van der Waals surface area contributed by atoms with Gasteiger partial charge in [0.05, 0.1) is 23.5 Å². The Balaban J connectivity index is 1.89. The predicted molar refractivity (Wildman–Crippen MR) is 72.8 cm³/mol.